The zero-order valence-electron chi connectivity index (χ0n) is 10.5. The Morgan fingerprint density at radius 3 is 2.89 bits per heavy atom. The lowest BCUT2D eigenvalue weighted by atomic mass is 10.3. The van der Waals surface area contributed by atoms with Gasteiger partial charge in [-0.1, -0.05) is 23.8 Å². The van der Waals surface area contributed by atoms with Gasteiger partial charge in [-0.2, -0.15) is 4.98 Å². The fourth-order valence-corrected chi connectivity index (χ4v) is 3.44. The van der Waals surface area contributed by atoms with Gasteiger partial charge in [0.1, 0.15) is 0 Å². The van der Waals surface area contributed by atoms with Crippen LogP contribution in [0.4, 0.5) is 0 Å². The molecule has 2 aromatic heterocycles. The van der Waals surface area contributed by atoms with Gasteiger partial charge in [-0.15, -0.1) is 11.3 Å². The summed E-state index contributed by atoms with van der Waals surface area (Å²) < 4.78 is 5.90. The van der Waals surface area contributed by atoms with E-state index in [9.17, 15) is 4.79 Å². The van der Waals surface area contributed by atoms with Crippen molar-refractivity contribution in [2.24, 2.45) is 0 Å². The third kappa shape index (κ3) is 3.77. The molecule has 0 unspecified atom stereocenters. The molecule has 1 N–H and O–H groups in total. The number of thiazole rings is 1. The Morgan fingerprint density at radius 1 is 1.47 bits per heavy atom. The maximum atomic E-state index is 10.7. The zero-order valence-corrected chi connectivity index (χ0v) is 12.2. The average Bonchev–Trinajstić information content (AvgIpc) is 2.94. The maximum absolute atomic E-state index is 10.7. The van der Waals surface area contributed by atoms with E-state index in [1.54, 1.807) is 0 Å². The first-order valence-corrected chi connectivity index (χ1v) is 7.51. The van der Waals surface area contributed by atoms with Gasteiger partial charge in [-0.25, -0.2) is 4.98 Å². The van der Waals surface area contributed by atoms with Crippen LogP contribution >= 0.6 is 23.1 Å². The van der Waals surface area contributed by atoms with Crippen LogP contribution in [0.1, 0.15) is 29.2 Å². The minimum Gasteiger partial charge on any atom is -0.481 e. The molecule has 0 bridgehead atoms. The second-order valence-electron chi connectivity index (χ2n) is 3.81. The van der Waals surface area contributed by atoms with Crippen LogP contribution in [-0.2, 0) is 23.4 Å². The largest absolute Gasteiger partial charge is 0.481 e. The van der Waals surface area contributed by atoms with E-state index in [0.717, 1.165) is 21.3 Å². The van der Waals surface area contributed by atoms with Gasteiger partial charge >= 0.3 is 5.97 Å². The van der Waals surface area contributed by atoms with Gasteiger partial charge in [0, 0.05) is 11.3 Å². The molecule has 2 rings (SSSR count). The smallest absolute Gasteiger partial charge is 0.308 e. The summed E-state index contributed by atoms with van der Waals surface area (Å²) in [7, 11) is 0. The lowest BCUT2D eigenvalue weighted by Crippen LogP contribution is -1.99. The second-order valence-corrected chi connectivity index (χ2v) is 6.11. The molecule has 0 aliphatic rings. The molecule has 102 valence electrons. The number of hydrogen-bond acceptors (Lipinski definition) is 7. The lowest BCUT2D eigenvalue weighted by Gasteiger charge is -1.90. The Balaban J connectivity index is 1.97. The number of carboxylic acid groups (broad SMARTS) is 1. The first-order chi connectivity index (χ1) is 9.08. The first-order valence-electron chi connectivity index (χ1n) is 5.70. The number of rotatable bonds is 6. The highest BCUT2D eigenvalue weighted by Gasteiger charge is 2.12. The molecule has 0 aliphatic carbocycles. The Labute approximate surface area is 118 Å². The summed E-state index contributed by atoms with van der Waals surface area (Å²) in [5.74, 6) is 0.965. The summed E-state index contributed by atoms with van der Waals surface area (Å²) in [6, 6.07) is 0. The Kier molecular flexibility index (Phi) is 4.54. The van der Waals surface area contributed by atoms with Crippen molar-refractivity contribution in [2.45, 2.75) is 36.8 Å². The molecule has 8 heteroatoms. The molecule has 0 saturated heterocycles. The molecule has 2 aromatic rings. The van der Waals surface area contributed by atoms with E-state index in [2.05, 4.69) is 15.1 Å². The Morgan fingerprint density at radius 2 is 2.26 bits per heavy atom. The van der Waals surface area contributed by atoms with Crippen molar-refractivity contribution < 1.29 is 14.4 Å². The molecular weight excluding hydrogens is 286 g/mol. The number of carboxylic acids is 1. The van der Waals surface area contributed by atoms with Crippen LogP contribution in [-0.4, -0.2) is 26.2 Å². The van der Waals surface area contributed by atoms with E-state index in [0.29, 0.717) is 17.5 Å². The fourth-order valence-electron chi connectivity index (χ4n) is 1.38. The molecule has 6 nitrogen and oxygen atoms in total. The molecule has 0 fully saturated rings. The zero-order chi connectivity index (χ0) is 13.8. The number of carbonyl (C=O) groups is 1. The molecular formula is C11H13N3O3S2. The maximum Gasteiger partial charge on any atom is 0.308 e. The predicted molar refractivity (Wildman–Crippen MR) is 71.4 cm³/mol. The molecule has 0 aromatic carbocycles. The van der Waals surface area contributed by atoms with Crippen molar-refractivity contribution in [3.05, 3.63) is 22.3 Å². The van der Waals surface area contributed by atoms with Crippen LogP contribution < -0.4 is 0 Å². The van der Waals surface area contributed by atoms with E-state index in [-0.39, 0.29) is 6.42 Å². The second kappa shape index (κ2) is 6.16. The molecule has 2 heterocycles. The highest BCUT2D eigenvalue weighted by atomic mass is 32.2. The van der Waals surface area contributed by atoms with E-state index in [1.807, 2.05) is 13.8 Å². The number of aryl methyl sites for hydroxylation is 2. The predicted octanol–water partition coefficient (Wildman–Crippen LogP) is 2.32. The number of aromatic nitrogens is 3. The lowest BCUT2D eigenvalue weighted by molar-refractivity contribution is -0.136. The van der Waals surface area contributed by atoms with Crippen LogP contribution in [0, 0.1) is 6.92 Å². The van der Waals surface area contributed by atoms with Crippen molar-refractivity contribution in [1.82, 2.24) is 15.1 Å². The molecule has 0 atom stereocenters. The fraction of sp³-hybridized carbons (Fsp3) is 0.455. The monoisotopic (exact) mass is 299 g/mol. The first kappa shape index (κ1) is 14.0. The Bertz CT molecular complexity index is 580. The van der Waals surface area contributed by atoms with E-state index < -0.39 is 5.97 Å². The molecule has 0 spiro atoms. The summed E-state index contributed by atoms with van der Waals surface area (Å²) in [6.07, 6.45) is 0.762. The van der Waals surface area contributed by atoms with Crippen LogP contribution in [0.2, 0.25) is 0 Å². The summed E-state index contributed by atoms with van der Waals surface area (Å²) in [5.41, 5.74) is 0.773. The van der Waals surface area contributed by atoms with Crippen molar-refractivity contribution in [3.63, 3.8) is 0 Å². The minimum atomic E-state index is -0.840. The number of thioether (sulfide) groups is 1. The normalized spacial score (nSPS) is 10.8. The summed E-state index contributed by atoms with van der Waals surface area (Å²) >= 11 is 2.88. The highest BCUT2D eigenvalue weighted by Crippen LogP contribution is 2.29. The molecule has 19 heavy (non-hydrogen) atoms. The van der Waals surface area contributed by atoms with E-state index in [1.165, 1.54) is 23.1 Å². The standard InChI is InChI=1S/C11H13N3O3S2/c1-3-8-13-9(17-14-8)5-18-11-12-6(2)7(19-11)4-10(15)16/h3-5H2,1-2H3,(H,15,16). The van der Waals surface area contributed by atoms with Gasteiger partial charge in [0.05, 0.1) is 17.9 Å². The van der Waals surface area contributed by atoms with E-state index in [4.69, 9.17) is 9.63 Å². The quantitative estimate of drug-likeness (QED) is 0.819. The van der Waals surface area contributed by atoms with Crippen LogP contribution in [0.5, 0.6) is 0 Å². The van der Waals surface area contributed by atoms with Gasteiger partial charge in [0.2, 0.25) is 5.89 Å². The van der Waals surface area contributed by atoms with Gasteiger partial charge in [-0.05, 0) is 6.92 Å². The van der Waals surface area contributed by atoms with Crippen molar-refractivity contribution in [1.29, 1.82) is 0 Å². The molecule has 0 aliphatic heterocycles. The number of hydrogen-bond donors (Lipinski definition) is 1. The van der Waals surface area contributed by atoms with Gasteiger partial charge in [0.25, 0.3) is 0 Å². The average molecular weight is 299 g/mol. The van der Waals surface area contributed by atoms with E-state index >= 15 is 0 Å². The van der Waals surface area contributed by atoms with Crippen molar-refractivity contribution >= 4 is 29.1 Å². The highest BCUT2D eigenvalue weighted by molar-refractivity contribution is 8.00. The third-order valence-corrected chi connectivity index (χ3v) is 4.62. The third-order valence-electron chi connectivity index (χ3n) is 2.33. The topological polar surface area (TPSA) is 89.1 Å². The summed E-state index contributed by atoms with van der Waals surface area (Å²) in [4.78, 5) is 20.0. The van der Waals surface area contributed by atoms with Gasteiger partial charge < -0.3 is 9.63 Å². The van der Waals surface area contributed by atoms with Gasteiger partial charge in [0.15, 0.2) is 10.2 Å². The SMILES string of the molecule is CCc1noc(CSc2nc(C)c(CC(=O)O)s2)n1. The number of aliphatic carboxylic acids is 1. The summed E-state index contributed by atoms with van der Waals surface area (Å²) in [6.45, 7) is 3.78. The summed E-state index contributed by atoms with van der Waals surface area (Å²) in [5, 5.41) is 12.6. The van der Waals surface area contributed by atoms with Crippen LogP contribution in [0.25, 0.3) is 0 Å². The number of nitrogens with zero attached hydrogens (tertiary/aromatic N) is 3. The minimum absolute atomic E-state index is 0.0185. The molecule has 0 saturated carbocycles. The van der Waals surface area contributed by atoms with Crippen LogP contribution in [0.15, 0.2) is 8.86 Å². The van der Waals surface area contributed by atoms with Crippen molar-refractivity contribution in [3.8, 4) is 0 Å². The molecule has 0 amide bonds. The van der Waals surface area contributed by atoms with Gasteiger partial charge in [-0.3, -0.25) is 4.79 Å². The van der Waals surface area contributed by atoms with Crippen LogP contribution in [0.3, 0.4) is 0 Å². The van der Waals surface area contributed by atoms with Crippen molar-refractivity contribution in [2.75, 3.05) is 0 Å². The molecule has 0 radical (unpaired) electrons. The Hall–Kier alpha value is -1.41.